The summed E-state index contributed by atoms with van der Waals surface area (Å²) in [5.41, 5.74) is 5.64. The van der Waals surface area contributed by atoms with Crippen LogP contribution in [0.15, 0.2) is 0 Å². The Kier molecular flexibility index (Phi) is 4.10. The van der Waals surface area contributed by atoms with E-state index in [-0.39, 0.29) is 0 Å². The quantitative estimate of drug-likeness (QED) is 0.817. The molecule has 3 nitrogen and oxygen atoms in total. The van der Waals surface area contributed by atoms with Gasteiger partial charge in [-0.05, 0) is 62.4 Å². The topological polar surface area (TPSA) is 35.5 Å². The maximum Gasteiger partial charge on any atom is 0.359 e. The molecule has 1 unspecified atom stereocenters. The number of benzene rings is 1. The average molecular weight is 242 g/mol. The highest BCUT2D eigenvalue weighted by atomic mass is 32.2. The minimum absolute atomic E-state index is 0.667. The molecule has 0 fully saturated rings. The second-order valence-corrected chi connectivity index (χ2v) is 4.82. The lowest BCUT2D eigenvalue weighted by atomic mass is 9.94. The molecule has 4 heteroatoms. The predicted octanol–water partition coefficient (Wildman–Crippen LogP) is 2.83. The zero-order valence-corrected chi connectivity index (χ0v) is 11.4. The van der Waals surface area contributed by atoms with Crippen molar-refractivity contribution in [3.05, 3.63) is 27.8 Å². The first-order valence-electron chi connectivity index (χ1n) is 5.11. The van der Waals surface area contributed by atoms with E-state index in [0.717, 1.165) is 11.1 Å². The normalized spacial score (nSPS) is 12.6. The number of rotatable bonds is 3. The molecule has 0 spiro atoms. The molecule has 1 rings (SSSR count). The zero-order valence-electron chi connectivity index (χ0n) is 10.6. The Morgan fingerprint density at radius 3 is 1.56 bits per heavy atom. The van der Waals surface area contributed by atoms with Crippen LogP contribution in [0.2, 0.25) is 0 Å². The first-order valence-corrected chi connectivity index (χ1v) is 6.11. The summed E-state index contributed by atoms with van der Waals surface area (Å²) < 4.78 is 21.2. The van der Waals surface area contributed by atoms with Crippen molar-refractivity contribution in [2.24, 2.45) is 0 Å². The molecular formula is C12H18O3S. The van der Waals surface area contributed by atoms with Crippen LogP contribution in [0, 0.1) is 34.6 Å². The summed E-state index contributed by atoms with van der Waals surface area (Å²) in [4.78, 5) is 0. The maximum atomic E-state index is 11.3. The van der Waals surface area contributed by atoms with Crippen LogP contribution in [0.5, 0.6) is 5.75 Å². The summed E-state index contributed by atoms with van der Waals surface area (Å²) in [6.45, 7) is 10.1. The summed E-state index contributed by atoms with van der Waals surface area (Å²) in [5, 5.41) is 0. The van der Waals surface area contributed by atoms with Gasteiger partial charge in [0.15, 0.2) is 0 Å². The summed E-state index contributed by atoms with van der Waals surface area (Å²) >= 11 is -1.72. The van der Waals surface area contributed by atoms with Crippen LogP contribution in [0.1, 0.15) is 27.8 Å². The standard InChI is InChI=1S/C12H18O3S/c1-7-8(2)10(4)12(11(5)9(7)3)15-16(13)14-6/h1-6H3. The smallest absolute Gasteiger partial charge is 0.359 e. The Labute approximate surface area is 99.6 Å². The molecule has 0 saturated carbocycles. The maximum absolute atomic E-state index is 11.3. The van der Waals surface area contributed by atoms with Gasteiger partial charge in [0, 0.05) is 0 Å². The minimum Gasteiger partial charge on any atom is -0.379 e. The van der Waals surface area contributed by atoms with E-state index in [9.17, 15) is 4.21 Å². The molecule has 0 N–H and O–H groups in total. The average Bonchev–Trinajstić information content (AvgIpc) is 2.29. The second-order valence-electron chi connectivity index (χ2n) is 3.91. The summed E-state index contributed by atoms with van der Waals surface area (Å²) in [5.74, 6) is 0.667. The molecule has 1 aromatic carbocycles. The molecule has 0 saturated heterocycles. The third kappa shape index (κ3) is 2.28. The Bertz CT molecular complexity index is 409. The molecule has 0 aromatic heterocycles. The number of hydrogen-bond acceptors (Lipinski definition) is 3. The van der Waals surface area contributed by atoms with Gasteiger partial charge in [-0.15, -0.1) is 0 Å². The van der Waals surface area contributed by atoms with E-state index in [0.29, 0.717) is 5.75 Å². The van der Waals surface area contributed by atoms with Crippen LogP contribution in [0.3, 0.4) is 0 Å². The zero-order chi connectivity index (χ0) is 12.5. The molecule has 16 heavy (non-hydrogen) atoms. The van der Waals surface area contributed by atoms with Crippen LogP contribution in [0.25, 0.3) is 0 Å². The molecule has 90 valence electrons. The third-order valence-corrected chi connectivity index (χ3v) is 3.79. The van der Waals surface area contributed by atoms with Gasteiger partial charge in [0.1, 0.15) is 5.75 Å². The van der Waals surface area contributed by atoms with Crippen LogP contribution in [-0.4, -0.2) is 11.3 Å². The van der Waals surface area contributed by atoms with E-state index < -0.39 is 11.4 Å². The van der Waals surface area contributed by atoms with Crippen molar-refractivity contribution >= 4 is 11.4 Å². The lowest BCUT2D eigenvalue weighted by Crippen LogP contribution is -2.07. The first-order chi connectivity index (χ1) is 7.40. The lowest BCUT2D eigenvalue weighted by Gasteiger charge is -2.17. The van der Waals surface area contributed by atoms with Gasteiger partial charge < -0.3 is 4.18 Å². The Hall–Kier alpha value is -0.870. The van der Waals surface area contributed by atoms with Gasteiger partial charge in [-0.25, -0.2) is 0 Å². The molecule has 0 aliphatic rings. The number of hydrogen-bond donors (Lipinski definition) is 0. The van der Waals surface area contributed by atoms with E-state index in [1.165, 1.54) is 23.8 Å². The van der Waals surface area contributed by atoms with Crippen LogP contribution < -0.4 is 4.18 Å². The van der Waals surface area contributed by atoms with E-state index in [1.54, 1.807) is 0 Å². The van der Waals surface area contributed by atoms with Crippen LogP contribution in [0.4, 0.5) is 0 Å². The summed E-state index contributed by atoms with van der Waals surface area (Å²) in [7, 11) is 1.36. The van der Waals surface area contributed by atoms with Gasteiger partial charge in [-0.3, -0.25) is 4.18 Å². The van der Waals surface area contributed by atoms with Crippen molar-refractivity contribution in [1.29, 1.82) is 0 Å². The highest BCUT2D eigenvalue weighted by molar-refractivity contribution is 7.75. The van der Waals surface area contributed by atoms with Gasteiger partial charge in [0.25, 0.3) is 0 Å². The van der Waals surface area contributed by atoms with Gasteiger partial charge in [0.05, 0.1) is 7.11 Å². The van der Waals surface area contributed by atoms with Crippen molar-refractivity contribution in [3.8, 4) is 5.75 Å². The first kappa shape index (κ1) is 13.2. The monoisotopic (exact) mass is 242 g/mol. The molecule has 0 amide bonds. The fraction of sp³-hybridized carbons (Fsp3) is 0.500. The highest BCUT2D eigenvalue weighted by Gasteiger charge is 2.15. The Morgan fingerprint density at radius 1 is 0.812 bits per heavy atom. The Balaban J connectivity index is 3.34. The molecule has 0 aliphatic carbocycles. The van der Waals surface area contributed by atoms with Crippen molar-refractivity contribution < 1.29 is 12.6 Å². The molecule has 0 aliphatic heterocycles. The van der Waals surface area contributed by atoms with Crippen molar-refractivity contribution in [2.75, 3.05) is 7.11 Å². The fourth-order valence-electron chi connectivity index (χ4n) is 1.69. The van der Waals surface area contributed by atoms with Crippen LogP contribution in [-0.2, 0) is 15.5 Å². The Morgan fingerprint density at radius 2 is 1.19 bits per heavy atom. The van der Waals surface area contributed by atoms with Gasteiger partial charge in [-0.2, -0.15) is 4.21 Å². The van der Waals surface area contributed by atoms with E-state index in [1.807, 2.05) is 27.7 Å². The SMILES string of the molecule is COS(=O)Oc1c(C)c(C)c(C)c(C)c1C. The van der Waals surface area contributed by atoms with Gasteiger partial charge in [0.2, 0.25) is 0 Å². The summed E-state index contributed by atoms with van der Waals surface area (Å²) in [6.07, 6.45) is 0. The highest BCUT2D eigenvalue weighted by Crippen LogP contribution is 2.32. The van der Waals surface area contributed by atoms with Crippen molar-refractivity contribution in [2.45, 2.75) is 34.6 Å². The molecule has 0 heterocycles. The van der Waals surface area contributed by atoms with Crippen molar-refractivity contribution in [3.63, 3.8) is 0 Å². The minimum atomic E-state index is -1.72. The molecule has 1 aromatic rings. The van der Waals surface area contributed by atoms with E-state index in [2.05, 4.69) is 11.1 Å². The second kappa shape index (κ2) is 4.97. The van der Waals surface area contributed by atoms with E-state index >= 15 is 0 Å². The third-order valence-electron chi connectivity index (χ3n) is 3.22. The fourth-order valence-corrected chi connectivity index (χ4v) is 2.15. The summed E-state index contributed by atoms with van der Waals surface area (Å²) in [6, 6.07) is 0. The van der Waals surface area contributed by atoms with Gasteiger partial charge >= 0.3 is 11.4 Å². The van der Waals surface area contributed by atoms with Crippen molar-refractivity contribution in [1.82, 2.24) is 0 Å². The lowest BCUT2D eigenvalue weighted by molar-refractivity contribution is 0.382. The molecule has 1 atom stereocenters. The van der Waals surface area contributed by atoms with Gasteiger partial charge in [-0.1, -0.05) is 0 Å². The van der Waals surface area contributed by atoms with Crippen LogP contribution >= 0.6 is 0 Å². The molecule has 0 radical (unpaired) electrons. The predicted molar refractivity (Wildman–Crippen MR) is 65.9 cm³/mol. The molecular weight excluding hydrogens is 224 g/mol. The van der Waals surface area contributed by atoms with E-state index in [4.69, 9.17) is 4.18 Å². The molecule has 0 bridgehead atoms. The largest absolute Gasteiger partial charge is 0.379 e.